The van der Waals surface area contributed by atoms with Gasteiger partial charge >= 0.3 is 13.3 Å². The van der Waals surface area contributed by atoms with Crippen molar-refractivity contribution in [2.24, 2.45) is 0 Å². The first-order valence-corrected chi connectivity index (χ1v) is 8.55. The Balaban J connectivity index is 2.00. The fourth-order valence-corrected chi connectivity index (χ4v) is 3.45. The summed E-state index contributed by atoms with van der Waals surface area (Å²) in [5.41, 5.74) is -2.20. The zero-order valence-corrected chi connectivity index (χ0v) is 15.6. The highest BCUT2D eigenvalue weighted by atomic mass is 35.5. The molecule has 25 heavy (non-hydrogen) atoms. The van der Waals surface area contributed by atoms with Crippen molar-refractivity contribution in [2.45, 2.75) is 64.0 Å². The molecule has 0 spiro atoms. The Hall–Kier alpha value is -0.755. The van der Waals surface area contributed by atoms with Gasteiger partial charge in [-0.15, -0.1) is 0 Å². The van der Waals surface area contributed by atoms with Gasteiger partial charge in [-0.1, -0.05) is 23.2 Å². The Morgan fingerprint density at radius 1 is 1.08 bits per heavy atom. The highest BCUT2D eigenvalue weighted by Gasteiger charge is 2.62. The minimum atomic E-state index is -4.52. The first kappa shape index (κ1) is 19.0. The lowest BCUT2D eigenvalue weighted by molar-refractivity contribution is -0.333. The van der Waals surface area contributed by atoms with Crippen molar-refractivity contribution in [3.05, 3.63) is 28.3 Å². The zero-order valence-electron chi connectivity index (χ0n) is 14.9. The van der Waals surface area contributed by atoms with Gasteiger partial charge in [0.1, 0.15) is 0 Å². The van der Waals surface area contributed by atoms with Gasteiger partial charge in [0, 0.05) is 17.0 Å². The number of aryl methyl sites for hydroxylation is 1. The van der Waals surface area contributed by atoms with Crippen LogP contribution in [-0.2, 0) is 19.6 Å². The summed E-state index contributed by atoms with van der Waals surface area (Å²) in [6.45, 7) is 9.45. The summed E-state index contributed by atoms with van der Waals surface area (Å²) in [4.78, 5) is 0. The number of alkyl halides is 3. The van der Waals surface area contributed by atoms with Crippen molar-refractivity contribution < 1.29 is 27.2 Å². The van der Waals surface area contributed by atoms with Gasteiger partial charge in [0.2, 0.25) is 0 Å². The van der Waals surface area contributed by atoms with Crippen LogP contribution in [0.4, 0.5) is 13.2 Å². The number of hydrogen-bond donors (Lipinski definition) is 0. The minimum Gasteiger partial charge on any atom is -0.399 e. The summed E-state index contributed by atoms with van der Waals surface area (Å²) in [6.07, 6.45) is -4.65. The van der Waals surface area contributed by atoms with E-state index in [1.807, 2.05) is 27.7 Å². The van der Waals surface area contributed by atoms with E-state index in [9.17, 15) is 13.2 Å². The smallest absolute Gasteiger partial charge is 0.399 e. The summed E-state index contributed by atoms with van der Waals surface area (Å²) in [5, 5.41) is 0.00679. The normalized spacial score (nSPS) is 28.1. The van der Waals surface area contributed by atoms with Crippen molar-refractivity contribution in [2.75, 3.05) is 6.61 Å². The third kappa shape index (κ3) is 2.80. The van der Waals surface area contributed by atoms with Gasteiger partial charge in [-0.2, -0.15) is 13.2 Å². The first-order chi connectivity index (χ1) is 11.3. The van der Waals surface area contributed by atoms with Crippen LogP contribution in [0.3, 0.4) is 0 Å². The molecule has 3 nitrogen and oxygen atoms in total. The molecule has 1 aromatic rings. The second kappa shape index (κ2) is 5.62. The van der Waals surface area contributed by atoms with Crippen LogP contribution in [-0.4, -0.2) is 31.1 Å². The lowest BCUT2D eigenvalue weighted by atomic mass is 9.74. The standard InChI is InChI=1S/C17H21BClF3O3/c1-10-8-11(16(6-7-23-16)17(20,21)22)13(19)9-12(10)18-24-14(2,3)15(4,5)25-18/h8-9H,6-7H2,1-5H3. The molecule has 2 fully saturated rings. The summed E-state index contributed by atoms with van der Waals surface area (Å²) >= 11 is 6.23. The molecule has 1 atom stereocenters. The topological polar surface area (TPSA) is 27.7 Å². The highest BCUT2D eigenvalue weighted by Crippen LogP contribution is 2.52. The quantitative estimate of drug-likeness (QED) is 0.727. The van der Waals surface area contributed by atoms with Gasteiger partial charge < -0.3 is 14.0 Å². The molecule has 8 heteroatoms. The molecule has 0 amide bonds. The maximum absolute atomic E-state index is 13.5. The predicted octanol–water partition coefficient (Wildman–Crippen LogP) is 4.13. The third-order valence-electron chi connectivity index (χ3n) is 5.56. The average molecular weight is 377 g/mol. The Morgan fingerprint density at radius 2 is 1.60 bits per heavy atom. The molecule has 2 aliphatic rings. The van der Waals surface area contributed by atoms with E-state index in [1.54, 1.807) is 6.92 Å². The van der Waals surface area contributed by atoms with Crippen molar-refractivity contribution in [3.63, 3.8) is 0 Å². The summed E-state index contributed by atoms with van der Waals surface area (Å²) in [7, 11) is -0.680. The molecule has 138 valence electrons. The molecule has 0 aliphatic carbocycles. The van der Waals surface area contributed by atoms with Gasteiger partial charge in [0.15, 0.2) is 5.60 Å². The van der Waals surface area contributed by atoms with Crippen molar-refractivity contribution in [1.29, 1.82) is 0 Å². The van der Waals surface area contributed by atoms with Crippen LogP contribution >= 0.6 is 11.6 Å². The SMILES string of the molecule is Cc1cc(C2(C(F)(F)F)CCO2)c(Cl)cc1B1OC(C)(C)C(C)(C)O1. The number of rotatable bonds is 2. The molecule has 0 bridgehead atoms. The Kier molecular flexibility index (Phi) is 4.27. The molecular weight excluding hydrogens is 355 g/mol. The van der Waals surface area contributed by atoms with Crippen LogP contribution in [0, 0.1) is 6.92 Å². The van der Waals surface area contributed by atoms with Gasteiger partial charge in [-0.3, -0.25) is 0 Å². The maximum atomic E-state index is 13.5. The zero-order chi connectivity index (χ0) is 18.8. The number of hydrogen-bond acceptors (Lipinski definition) is 3. The molecule has 0 radical (unpaired) electrons. The van der Waals surface area contributed by atoms with E-state index in [0.29, 0.717) is 11.0 Å². The Morgan fingerprint density at radius 3 is 2.00 bits per heavy atom. The van der Waals surface area contributed by atoms with Crippen LogP contribution in [0.5, 0.6) is 0 Å². The third-order valence-corrected chi connectivity index (χ3v) is 5.87. The molecule has 2 saturated heterocycles. The fraction of sp³-hybridized carbons (Fsp3) is 0.647. The number of ether oxygens (including phenoxy) is 1. The average Bonchev–Trinajstić information content (AvgIpc) is 2.59. The van der Waals surface area contributed by atoms with Gasteiger partial charge in [-0.25, -0.2) is 0 Å². The van der Waals surface area contributed by atoms with E-state index in [2.05, 4.69) is 0 Å². The lowest BCUT2D eigenvalue weighted by Crippen LogP contribution is -2.53. The fourth-order valence-electron chi connectivity index (χ4n) is 3.13. The van der Waals surface area contributed by atoms with Crippen molar-refractivity contribution >= 4 is 24.2 Å². The molecular formula is C17H21BClF3O3. The van der Waals surface area contributed by atoms with Crippen molar-refractivity contribution in [1.82, 2.24) is 0 Å². The number of halogens is 4. The first-order valence-electron chi connectivity index (χ1n) is 8.18. The van der Waals surface area contributed by atoms with Gasteiger partial charge in [0.05, 0.1) is 17.8 Å². The summed E-state index contributed by atoms with van der Waals surface area (Å²) in [5.74, 6) is 0. The lowest BCUT2D eigenvalue weighted by Gasteiger charge is -2.44. The van der Waals surface area contributed by atoms with Gasteiger partial charge in [0.25, 0.3) is 0 Å². The second-order valence-corrected chi connectivity index (χ2v) is 8.11. The van der Waals surface area contributed by atoms with E-state index in [4.69, 9.17) is 25.6 Å². The summed E-state index contributed by atoms with van der Waals surface area (Å²) < 4.78 is 57.5. The van der Waals surface area contributed by atoms with E-state index in [-0.39, 0.29) is 23.6 Å². The summed E-state index contributed by atoms with van der Waals surface area (Å²) in [6, 6.07) is 2.94. The van der Waals surface area contributed by atoms with Crippen molar-refractivity contribution in [3.8, 4) is 0 Å². The molecule has 0 N–H and O–H groups in total. The monoisotopic (exact) mass is 376 g/mol. The molecule has 0 aromatic heterocycles. The van der Waals surface area contributed by atoms with Crippen LogP contribution in [0.1, 0.15) is 45.2 Å². The molecule has 0 saturated carbocycles. The predicted molar refractivity (Wildman–Crippen MR) is 90.2 cm³/mol. The Bertz CT molecular complexity index is 683. The van der Waals surface area contributed by atoms with E-state index in [1.165, 1.54) is 12.1 Å². The molecule has 3 rings (SSSR count). The molecule has 2 heterocycles. The molecule has 1 unspecified atom stereocenters. The van der Waals surface area contributed by atoms with E-state index < -0.39 is 30.1 Å². The molecule has 2 aliphatic heterocycles. The van der Waals surface area contributed by atoms with Crippen LogP contribution in [0.25, 0.3) is 0 Å². The van der Waals surface area contributed by atoms with E-state index >= 15 is 0 Å². The van der Waals surface area contributed by atoms with Crippen LogP contribution in [0.2, 0.25) is 5.02 Å². The van der Waals surface area contributed by atoms with Crippen LogP contribution < -0.4 is 5.46 Å². The van der Waals surface area contributed by atoms with Crippen LogP contribution in [0.15, 0.2) is 12.1 Å². The van der Waals surface area contributed by atoms with E-state index in [0.717, 1.165) is 0 Å². The highest BCUT2D eigenvalue weighted by molar-refractivity contribution is 6.63. The maximum Gasteiger partial charge on any atom is 0.495 e. The number of benzene rings is 1. The Labute approximate surface area is 150 Å². The minimum absolute atomic E-state index is 0.00679. The second-order valence-electron chi connectivity index (χ2n) is 7.70. The molecule has 1 aromatic carbocycles. The van der Waals surface area contributed by atoms with Gasteiger partial charge in [-0.05, 0) is 46.1 Å². The largest absolute Gasteiger partial charge is 0.495 e.